The maximum absolute atomic E-state index is 12.3. The van der Waals surface area contributed by atoms with Gasteiger partial charge in [0.25, 0.3) is 0 Å². The topological polar surface area (TPSA) is 96.7 Å². The monoisotopic (exact) mass is 472 g/mol. The zero-order chi connectivity index (χ0) is 24.0. The Balaban J connectivity index is 1.29. The van der Waals surface area contributed by atoms with Crippen LogP contribution in [0.15, 0.2) is 72.8 Å². The summed E-state index contributed by atoms with van der Waals surface area (Å²) in [4.78, 5) is 16.8. The highest BCUT2D eigenvalue weighted by molar-refractivity contribution is 5.91. The largest absolute Gasteiger partial charge is 0.463 e. The number of nitrogens with one attached hydrogen (secondary N) is 1. The van der Waals surface area contributed by atoms with Crippen LogP contribution in [0.2, 0.25) is 0 Å². The van der Waals surface area contributed by atoms with E-state index in [0.717, 1.165) is 16.8 Å². The number of hydrogen-bond acceptors (Lipinski definition) is 7. The van der Waals surface area contributed by atoms with Crippen LogP contribution in [-0.2, 0) is 16.1 Å². The predicted octanol–water partition coefficient (Wildman–Crippen LogP) is 4.22. The minimum Gasteiger partial charge on any atom is -0.463 e. The van der Waals surface area contributed by atoms with Gasteiger partial charge >= 0.3 is 6.01 Å². The Hall–Kier alpha value is -4.37. The van der Waals surface area contributed by atoms with Gasteiger partial charge in [0.15, 0.2) is 17.3 Å². The lowest BCUT2D eigenvalue weighted by atomic mass is 10.2. The molecule has 9 heteroatoms. The van der Waals surface area contributed by atoms with Gasteiger partial charge in [-0.05, 0) is 55.0 Å². The molecule has 0 aliphatic carbocycles. The molecule has 0 saturated heterocycles. The highest BCUT2D eigenvalue weighted by Crippen LogP contribution is 2.36. The maximum atomic E-state index is 12.3. The van der Waals surface area contributed by atoms with Crippen molar-refractivity contribution in [3.8, 4) is 34.6 Å². The molecule has 1 aliphatic rings. The normalized spacial score (nSPS) is 11.9. The fourth-order valence-electron chi connectivity index (χ4n) is 3.60. The third kappa shape index (κ3) is 5.25. The van der Waals surface area contributed by atoms with Crippen molar-refractivity contribution in [1.82, 2.24) is 14.8 Å². The van der Waals surface area contributed by atoms with Gasteiger partial charge in [-0.25, -0.2) is 4.68 Å². The Kier molecular flexibility index (Phi) is 6.58. The second-order valence-corrected chi connectivity index (χ2v) is 7.70. The molecule has 2 heterocycles. The average molecular weight is 473 g/mol. The van der Waals surface area contributed by atoms with Gasteiger partial charge in [-0.2, -0.15) is 4.98 Å². The molecule has 0 fully saturated rings. The molecule has 1 aromatic heterocycles. The van der Waals surface area contributed by atoms with Crippen LogP contribution in [0.3, 0.4) is 0 Å². The molecular weight excluding hydrogens is 448 g/mol. The van der Waals surface area contributed by atoms with Crippen LogP contribution in [0.25, 0.3) is 17.1 Å². The lowest BCUT2D eigenvalue weighted by molar-refractivity contribution is -0.121. The number of ether oxygens (including phenoxy) is 4. The summed E-state index contributed by atoms with van der Waals surface area (Å²) in [6.07, 6.45) is 0. The summed E-state index contributed by atoms with van der Waals surface area (Å²) in [5, 5.41) is 7.35. The molecule has 0 unspecified atom stereocenters. The number of anilines is 1. The van der Waals surface area contributed by atoms with Crippen LogP contribution in [0.4, 0.5) is 5.69 Å². The van der Waals surface area contributed by atoms with Gasteiger partial charge < -0.3 is 24.3 Å². The van der Waals surface area contributed by atoms with Crippen LogP contribution in [0.1, 0.15) is 12.5 Å². The van der Waals surface area contributed by atoms with Crippen LogP contribution < -0.4 is 19.5 Å². The average Bonchev–Trinajstić information content (AvgIpc) is 3.52. The van der Waals surface area contributed by atoms with E-state index < -0.39 is 0 Å². The molecule has 1 aliphatic heterocycles. The molecular formula is C26H24N4O5. The van der Waals surface area contributed by atoms with Crippen LogP contribution in [-0.4, -0.2) is 40.7 Å². The van der Waals surface area contributed by atoms with Crippen LogP contribution in [0.5, 0.6) is 17.5 Å². The van der Waals surface area contributed by atoms with Crippen LogP contribution in [0, 0.1) is 0 Å². The molecule has 9 nitrogen and oxygen atoms in total. The molecule has 4 aromatic rings. The first-order chi connectivity index (χ1) is 17.2. The van der Waals surface area contributed by atoms with Gasteiger partial charge in [0.05, 0.1) is 18.9 Å². The third-order valence-electron chi connectivity index (χ3n) is 5.23. The van der Waals surface area contributed by atoms with E-state index >= 15 is 0 Å². The maximum Gasteiger partial charge on any atom is 0.336 e. The van der Waals surface area contributed by atoms with Gasteiger partial charge in [0.1, 0.15) is 6.61 Å². The van der Waals surface area contributed by atoms with Crippen molar-refractivity contribution in [3.63, 3.8) is 0 Å². The molecule has 178 valence electrons. The Morgan fingerprint density at radius 2 is 1.83 bits per heavy atom. The van der Waals surface area contributed by atoms with Crippen molar-refractivity contribution in [3.05, 3.63) is 78.4 Å². The van der Waals surface area contributed by atoms with E-state index in [1.165, 1.54) is 0 Å². The number of rotatable bonds is 9. The summed E-state index contributed by atoms with van der Waals surface area (Å²) < 4.78 is 23.6. The highest BCUT2D eigenvalue weighted by Gasteiger charge is 2.19. The standard InChI is InChI=1S/C26H24N4O5/c1-2-33-26-28-25(19-8-13-22-23(14-19)35-17-34-22)30(29-26)21-11-9-20(10-12-21)27-24(31)16-32-15-18-6-4-3-5-7-18/h3-14H,2,15-17H2,1H3,(H,27,31). The number of benzene rings is 3. The van der Waals surface area contributed by atoms with Gasteiger partial charge in [-0.1, -0.05) is 30.3 Å². The first-order valence-electron chi connectivity index (χ1n) is 11.2. The van der Waals surface area contributed by atoms with Crippen molar-refractivity contribution in [2.45, 2.75) is 13.5 Å². The summed E-state index contributed by atoms with van der Waals surface area (Å²) >= 11 is 0. The number of aromatic nitrogens is 3. The Bertz CT molecular complexity index is 1310. The number of carbonyl (C=O) groups is 1. The Labute approximate surface area is 202 Å². The number of amides is 1. The summed E-state index contributed by atoms with van der Waals surface area (Å²) in [5.74, 6) is 1.72. The molecule has 35 heavy (non-hydrogen) atoms. The molecule has 0 saturated carbocycles. The first kappa shape index (κ1) is 22.4. The van der Waals surface area contributed by atoms with E-state index in [0.29, 0.717) is 36.2 Å². The lowest BCUT2D eigenvalue weighted by Crippen LogP contribution is -2.18. The minimum atomic E-state index is -0.228. The van der Waals surface area contributed by atoms with Gasteiger partial charge in [0.2, 0.25) is 12.7 Å². The van der Waals surface area contributed by atoms with Gasteiger partial charge in [0, 0.05) is 11.3 Å². The lowest BCUT2D eigenvalue weighted by Gasteiger charge is -2.09. The van der Waals surface area contributed by atoms with Crippen molar-refractivity contribution < 1.29 is 23.7 Å². The summed E-state index contributed by atoms with van der Waals surface area (Å²) in [6.45, 7) is 2.86. The third-order valence-corrected chi connectivity index (χ3v) is 5.23. The smallest absolute Gasteiger partial charge is 0.336 e. The SMILES string of the molecule is CCOc1nc(-c2ccc3c(c2)OCO3)n(-c2ccc(NC(=O)COCc3ccccc3)cc2)n1. The van der Waals surface area contributed by atoms with Gasteiger partial charge in [-0.15, -0.1) is 5.10 Å². The molecule has 1 N–H and O–H groups in total. The molecule has 0 radical (unpaired) electrons. The number of nitrogens with zero attached hydrogens (tertiary/aromatic N) is 3. The number of carbonyl (C=O) groups excluding carboxylic acids is 1. The zero-order valence-corrected chi connectivity index (χ0v) is 19.1. The summed E-state index contributed by atoms with van der Waals surface area (Å²) in [6, 6.07) is 22.9. The molecule has 5 rings (SSSR count). The number of hydrogen-bond donors (Lipinski definition) is 1. The Morgan fingerprint density at radius 1 is 1.03 bits per heavy atom. The van der Waals surface area contributed by atoms with Crippen molar-refractivity contribution >= 4 is 11.6 Å². The molecule has 1 amide bonds. The second-order valence-electron chi connectivity index (χ2n) is 7.70. The van der Waals surface area contributed by atoms with Crippen molar-refractivity contribution in [1.29, 1.82) is 0 Å². The van der Waals surface area contributed by atoms with Crippen molar-refractivity contribution in [2.75, 3.05) is 25.3 Å². The second kappa shape index (κ2) is 10.3. The quantitative estimate of drug-likeness (QED) is 0.390. The van der Waals surface area contributed by atoms with Crippen molar-refractivity contribution in [2.24, 2.45) is 0 Å². The zero-order valence-electron chi connectivity index (χ0n) is 19.1. The van der Waals surface area contributed by atoms with E-state index in [9.17, 15) is 4.79 Å². The fraction of sp³-hybridized carbons (Fsp3) is 0.192. The van der Waals surface area contributed by atoms with Crippen LogP contribution >= 0.6 is 0 Å². The Morgan fingerprint density at radius 3 is 2.63 bits per heavy atom. The molecule has 3 aromatic carbocycles. The summed E-state index contributed by atoms with van der Waals surface area (Å²) in [5.41, 5.74) is 3.23. The van der Waals surface area contributed by atoms with E-state index in [1.807, 2.05) is 67.6 Å². The molecule has 0 spiro atoms. The predicted molar refractivity (Wildman–Crippen MR) is 129 cm³/mol. The van der Waals surface area contributed by atoms with E-state index in [1.54, 1.807) is 16.8 Å². The minimum absolute atomic E-state index is 0.0360. The molecule has 0 atom stereocenters. The van der Waals surface area contributed by atoms with E-state index in [-0.39, 0.29) is 25.3 Å². The first-order valence-corrected chi connectivity index (χ1v) is 11.2. The molecule has 0 bridgehead atoms. The summed E-state index contributed by atoms with van der Waals surface area (Å²) in [7, 11) is 0. The fourth-order valence-corrected chi connectivity index (χ4v) is 3.60. The van der Waals surface area contributed by atoms with E-state index in [2.05, 4.69) is 15.4 Å². The van der Waals surface area contributed by atoms with E-state index in [4.69, 9.17) is 18.9 Å². The highest BCUT2D eigenvalue weighted by atomic mass is 16.7. The number of fused-ring (bicyclic) bond motifs is 1. The van der Waals surface area contributed by atoms with Gasteiger partial charge in [-0.3, -0.25) is 4.79 Å².